The van der Waals surface area contributed by atoms with Gasteiger partial charge in [0.1, 0.15) is 11.3 Å². The van der Waals surface area contributed by atoms with Crippen LogP contribution in [0, 0.1) is 0 Å². The van der Waals surface area contributed by atoms with Gasteiger partial charge in [-0.2, -0.15) is 0 Å². The van der Waals surface area contributed by atoms with Gasteiger partial charge in [-0.25, -0.2) is 4.98 Å². The third-order valence-corrected chi connectivity index (χ3v) is 2.53. The second-order valence-electron chi connectivity index (χ2n) is 3.53. The molecule has 0 amide bonds. The van der Waals surface area contributed by atoms with Crippen molar-refractivity contribution in [3.05, 3.63) is 48.5 Å². The molecule has 0 radical (unpaired) electrons. The van der Waals surface area contributed by atoms with Crippen LogP contribution in [0.1, 0.15) is 0 Å². The Balaban J connectivity index is 0.000000963. The Morgan fingerprint density at radius 3 is 2.50 bits per heavy atom. The minimum Gasteiger partial charge on any atom is -0.506 e. The number of phenolic OH excluding ortho intramolecular Hbond substituents is 1. The van der Waals surface area contributed by atoms with Gasteiger partial charge in [0.25, 0.3) is 0 Å². The van der Waals surface area contributed by atoms with Crippen LogP contribution in [-0.2, 0) is 19.5 Å². The molecule has 2 aromatic carbocycles. The van der Waals surface area contributed by atoms with Crippen molar-refractivity contribution in [3.63, 3.8) is 0 Å². The van der Waals surface area contributed by atoms with Crippen molar-refractivity contribution < 1.29 is 24.6 Å². The van der Waals surface area contributed by atoms with Crippen LogP contribution in [-0.4, -0.2) is 10.1 Å². The van der Waals surface area contributed by atoms with Crippen molar-refractivity contribution in [1.29, 1.82) is 0 Å². The second kappa shape index (κ2) is 4.19. The molecule has 0 bridgehead atoms. The standard InChI is InChI=1S/C13H9NO.Zn/c15-12-7-3-5-10-8-9-4-1-2-6-11(9)14-13(10)12;/h1-8,15H;/q;+2. The van der Waals surface area contributed by atoms with Crippen molar-refractivity contribution >= 4 is 21.8 Å². The van der Waals surface area contributed by atoms with Crippen molar-refractivity contribution in [2.45, 2.75) is 0 Å². The zero-order chi connectivity index (χ0) is 10.3. The van der Waals surface area contributed by atoms with E-state index in [9.17, 15) is 5.11 Å². The molecular formula is C13H9NOZn+2. The molecule has 1 heterocycles. The SMILES string of the molecule is Oc1cccc2cc3ccccc3nc12.[Zn+2]. The predicted molar refractivity (Wildman–Crippen MR) is 60.9 cm³/mol. The molecule has 1 aromatic heterocycles. The summed E-state index contributed by atoms with van der Waals surface area (Å²) in [4.78, 5) is 4.43. The van der Waals surface area contributed by atoms with E-state index in [2.05, 4.69) is 4.98 Å². The van der Waals surface area contributed by atoms with Crippen LogP contribution in [0.4, 0.5) is 0 Å². The Kier molecular flexibility index (Phi) is 2.89. The average molecular weight is 261 g/mol. The quantitative estimate of drug-likeness (QED) is 0.498. The zero-order valence-corrected chi connectivity index (χ0v) is 11.7. The van der Waals surface area contributed by atoms with Crippen molar-refractivity contribution in [2.24, 2.45) is 0 Å². The predicted octanol–water partition coefficient (Wildman–Crippen LogP) is 3.09. The molecule has 0 saturated carbocycles. The maximum absolute atomic E-state index is 9.67. The molecule has 0 aliphatic rings. The average Bonchev–Trinajstić information content (AvgIpc) is 2.27. The molecule has 3 aromatic rings. The minimum absolute atomic E-state index is 0. The first-order chi connectivity index (χ1) is 7.34. The first-order valence-corrected chi connectivity index (χ1v) is 4.82. The Labute approximate surface area is 106 Å². The van der Waals surface area contributed by atoms with Crippen LogP contribution in [0.2, 0.25) is 0 Å². The van der Waals surface area contributed by atoms with E-state index in [1.165, 1.54) is 0 Å². The molecule has 0 fully saturated rings. The fourth-order valence-electron chi connectivity index (χ4n) is 1.79. The van der Waals surface area contributed by atoms with Gasteiger partial charge < -0.3 is 5.11 Å². The Morgan fingerprint density at radius 2 is 1.62 bits per heavy atom. The largest absolute Gasteiger partial charge is 2.00 e. The van der Waals surface area contributed by atoms with Crippen molar-refractivity contribution in [3.8, 4) is 5.75 Å². The van der Waals surface area contributed by atoms with E-state index in [0.29, 0.717) is 5.52 Å². The number of phenols is 1. The molecule has 0 atom stereocenters. The number of pyridine rings is 1. The van der Waals surface area contributed by atoms with Crippen LogP contribution >= 0.6 is 0 Å². The molecule has 72 valence electrons. The molecule has 0 aliphatic heterocycles. The van der Waals surface area contributed by atoms with E-state index in [1.54, 1.807) is 6.07 Å². The number of benzene rings is 2. The second-order valence-corrected chi connectivity index (χ2v) is 3.53. The van der Waals surface area contributed by atoms with Gasteiger partial charge >= 0.3 is 19.5 Å². The van der Waals surface area contributed by atoms with Crippen LogP contribution < -0.4 is 0 Å². The van der Waals surface area contributed by atoms with Gasteiger partial charge in [0, 0.05) is 10.8 Å². The summed E-state index contributed by atoms with van der Waals surface area (Å²) in [6.07, 6.45) is 0. The van der Waals surface area contributed by atoms with Gasteiger partial charge in [-0.3, -0.25) is 0 Å². The van der Waals surface area contributed by atoms with Gasteiger partial charge in [0.15, 0.2) is 0 Å². The number of hydrogen-bond acceptors (Lipinski definition) is 2. The monoisotopic (exact) mass is 259 g/mol. The molecule has 0 unspecified atom stereocenters. The number of rotatable bonds is 0. The molecule has 16 heavy (non-hydrogen) atoms. The van der Waals surface area contributed by atoms with Crippen LogP contribution in [0.5, 0.6) is 5.75 Å². The van der Waals surface area contributed by atoms with Crippen LogP contribution in [0.25, 0.3) is 21.8 Å². The summed E-state index contributed by atoms with van der Waals surface area (Å²) < 4.78 is 0. The summed E-state index contributed by atoms with van der Waals surface area (Å²) >= 11 is 0. The summed E-state index contributed by atoms with van der Waals surface area (Å²) in [5, 5.41) is 11.7. The number of aromatic hydroxyl groups is 1. The molecule has 3 heteroatoms. The smallest absolute Gasteiger partial charge is 0.506 e. The molecule has 1 N–H and O–H groups in total. The fourth-order valence-corrected chi connectivity index (χ4v) is 1.79. The van der Waals surface area contributed by atoms with Gasteiger partial charge in [-0.05, 0) is 18.2 Å². The van der Waals surface area contributed by atoms with Gasteiger partial charge in [-0.15, -0.1) is 0 Å². The van der Waals surface area contributed by atoms with Gasteiger partial charge in [0.2, 0.25) is 0 Å². The van der Waals surface area contributed by atoms with E-state index >= 15 is 0 Å². The molecule has 0 spiro atoms. The van der Waals surface area contributed by atoms with E-state index in [-0.39, 0.29) is 25.2 Å². The number of hydrogen-bond donors (Lipinski definition) is 1. The first kappa shape index (κ1) is 11.0. The first-order valence-electron chi connectivity index (χ1n) is 4.82. The summed E-state index contributed by atoms with van der Waals surface area (Å²) in [6.45, 7) is 0. The number of nitrogens with zero attached hydrogens (tertiary/aromatic N) is 1. The van der Waals surface area contributed by atoms with Gasteiger partial charge in [0.05, 0.1) is 5.52 Å². The normalized spacial score (nSPS) is 10.2. The molecule has 3 rings (SSSR count). The van der Waals surface area contributed by atoms with Gasteiger partial charge in [-0.1, -0.05) is 30.3 Å². The third kappa shape index (κ3) is 1.68. The number of fused-ring (bicyclic) bond motifs is 2. The third-order valence-electron chi connectivity index (χ3n) is 2.53. The van der Waals surface area contributed by atoms with E-state index < -0.39 is 0 Å². The number of para-hydroxylation sites is 2. The van der Waals surface area contributed by atoms with Crippen molar-refractivity contribution in [2.75, 3.05) is 0 Å². The molecule has 2 nitrogen and oxygen atoms in total. The summed E-state index contributed by atoms with van der Waals surface area (Å²) in [6, 6.07) is 15.4. The molecule has 0 aliphatic carbocycles. The van der Waals surface area contributed by atoms with Crippen molar-refractivity contribution in [1.82, 2.24) is 4.98 Å². The van der Waals surface area contributed by atoms with E-state index in [0.717, 1.165) is 16.3 Å². The maximum atomic E-state index is 9.67. The summed E-state index contributed by atoms with van der Waals surface area (Å²) in [5.41, 5.74) is 1.57. The Morgan fingerprint density at radius 1 is 0.875 bits per heavy atom. The fraction of sp³-hybridized carbons (Fsp3) is 0. The topological polar surface area (TPSA) is 33.1 Å². The van der Waals surface area contributed by atoms with Crippen LogP contribution in [0.3, 0.4) is 0 Å². The van der Waals surface area contributed by atoms with E-state index in [4.69, 9.17) is 0 Å². The maximum Gasteiger partial charge on any atom is 2.00 e. The number of aromatic nitrogens is 1. The Bertz CT molecular complexity index is 652. The molecular weight excluding hydrogens is 252 g/mol. The van der Waals surface area contributed by atoms with E-state index in [1.807, 2.05) is 42.5 Å². The summed E-state index contributed by atoms with van der Waals surface area (Å²) in [5.74, 6) is 0.234. The minimum atomic E-state index is 0. The summed E-state index contributed by atoms with van der Waals surface area (Å²) in [7, 11) is 0. The zero-order valence-electron chi connectivity index (χ0n) is 8.72. The van der Waals surface area contributed by atoms with Crippen LogP contribution in [0.15, 0.2) is 48.5 Å². The molecule has 0 saturated heterocycles. The Hall–Kier alpha value is -1.47.